The van der Waals surface area contributed by atoms with Gasteiger partial charge in [-0.1, -0.05) is 17.7 Å². The third-order valence-corrected chi connectivity index (χ3v) is 0.902. The maximum atomic E-state index is 12.0. The van der Waals surface area contributed by atoms with E-state index in [1.165, 1.54) is 0 Å². The second kappa shape index (κ2) is 3.83. The SMILES string of the molecule is C=CCOC(F)(F)[C@@H](F)Cl. The Balaban J connectivity index is 3.74. The predicted octanol–water partition coefficient (Wildman–Crippen LogP) is 2.32. The van der Waals surface area contributed by atoms with E-state index < -0.39 is 18.3 Å². The lowest BCUT2D eigenvalue weighted by Gasteiger charge is -2.14. The largest absolute Gasteiger partial charge is 0.401 e. The molecule has 0 amide bonds. The fourth-order valence-electron chi connectivity index (χ4n) is 0.233. The summed E-state index contributed by atoms with van der Waals surface area (Å²) < 4.78 is 39.3. The van der Waals surface area contributed by atoms with E-state index in [0.717, 1.165) is 6.08 Å². The Hall–Kier alpha value is -0.220. The highest BCUT2D eigenvalue weighted by Gasteiger charge is 2.39. The van der Waals surface area contributed by atoms with Crippen LogP contribution in [0.25, 0.3) is 0 Å². The first-order valence-electron chi connectivity index (χ1n) is 2.41. The molecule has 10 heavy (non-hydrogen) atoms. The summed E-state index contributed by atoms with van der Waals surface area (Å²) in [7, 11) is 0. The molecular formula is C5H6ClF3O. The van der Waals surface area contributed by atoms with Gasteiger partial charge in [0.15, 0.2) is 0 Å². The van der Waals surface area contributed by atoms with Gasteiger partial charge in [-0.05, 0) is 0 Å². The molecular weight excluding hydrogens is 169 g/mol. The summed E-state index contributed by atoms with van der Waals surface area (Å²) >= 11 is 4.43. The molecule has 5 heteroatoms. The summed E-state index contributed by atoms with van der Waals surface area (Å²) in [6.45, 7) is 2.67. The van der Waals surface area contributed by atoms with Crippen LogP contribution in [0.5, 0.6) is 0 Å². The van der Waals surface area contributed by atoms with Crippen molar-refractivity contribution in [3.8, 4) is 0 Å². The second-order valence-corrected chi connectivity index (χ2v) is 1.85. The van der Waals surface area contributed by atoms with Crippen molar-refractivity contribution >= 4 is 11.6 Å². The van der Waals surface area contributed by atoms with Crippen LogP contribution in [0.1, 0.15) is 0 Å². The first-order valence-corrected chi connectivity index (χ1v) is 2.85. The van der Waals surface area contributed by atoms with Crippen LogP contribution in [0.2, 0.25) is 0 Å². The summed E-state index contributed by atoms with van der Waals surface area (Å²) in [5.74, 6) is 0. The van der Waals surface area contributed by atoms with Crippen LogP contribution in [0.15, 0.2) is 12.7 Å². The molecule has 0 saturated carbocycles. The molecule has 0 unspecified atom stereocenters. The molecule has 1 nitrogen and oxygen atoms in total. The standard InChI is InChI=1S/C5H6ClF3O/c1-2-3-10-5(8,9)4(6)7/h2,4H,1,3H2/t4-/m1/s1. The summed E-state index contributed by atoms with van der Waals surface area (Å²) in [6, 6.07) is 0. The van der Waals surface area contributed by atoms with E-state index in [2.05, 4.69) is 22.9 Å². The molecule has 60 valence electrons. The molecule has 0 heterocycles. The lowest BCUT2D eigenvalue weighted by atomic mass is 10.6. The third-order valence-electron chi connectivity index (χ3n) is 0.648. The number of alkyl halides is 4. The van der Waals surface area contributed by atoms with E-state index in [4.69, 9.17) is 0 Å². The molecule has 1 atom stereocenters. The van der Waals surface area contributed by atoms with Gasteiger partial charge in [-0.2, -0.15) is 8.78 Å². The van der Waals surface area contributed by atoms with Crippen molar-refractivity contribution in [3.63, 3.8) is 0 Å². The maximum absolute atomic E-state index is 12.0. The monoisotopic (exact) mass is 174 g/mol. The highest BCUT2D eigenvalue weighted by atomic mass is 35.5. The van der Waals surface area contributed by atoms with Gasteiger partial charge in [-0.15, -0.1) is 6.58 Å². The first kappa shape index (κ1) is 9.78. The van der Waals surface area contributed by atoms with Crippen molar-refractivity contribution in [2.75, 3.05) is 6.61 Å². The molecule has 0 N–H and O–H groups in total. The summed E-state index contributed by atoms with van der Waals surface area (Å²) in [4.78, 5) is 0. The van der Waals surface area contributed by atoms with E-state index in [1.807, 2.05) is 0 Å². The van der Waals surface area contributed by atoms with Crippen molar-refractivity contribution in [2.24, 2.45) is 0 Å². The van der Waals surface area contributed by atoms with Crippen molar-refractivity contribution in [1.82, 2.24) is 0 Å². The van der Waals surface area contributed by atoms with Crippen LogP contribution < -0.4 is 0 Å². The normalized spacial score (nSPS) is 14.8. The molecule has 0 radical (unpaired) electrons. The lowest BCUT2D eigenvalue weighted by Crippen LogP contribution is -2.29. The van der Waals surface area contributed by atoms with Crippen LogP contribution in [-0.2, 0) is 4.74 Å². The molecule has 0 bridgehead atoms. The van der Waals surface area contributed by atoms with Crippen LogP contribution >= 0.6 is 11.6 Å². The molecule has 0 rings (SSSR count). The molecule has 0 aliphatic rings. The topological polar surface area (TPSA) is 9.23 Å². The van der Waals surface area contributed by atoms with Crippen molar-refractivity contribution in [3.05, 3.63) is 12.7 Å². The van der Waals surface area contributed by atoms with Crippen LogP contribution in [0.3, 0.4) is 0 Å². The zero-order valence-corrected chi connectivity index (χ0v) is 5.74. The van der Waals surface area contributed by atoms with E-state index in [0.29, 0.717) is 0 Å². The molecule has 0 fully saturated rings. The number of halogens is 4. The quantitative estimate of drug-likeness (QED) is 0.470. The highest BCUT2D eigenvalue weighted by Crippen LogP contribution is 2.25. The van der Waals surface area contributed by atoms with Gasteiger partial charge in [0.25, 0.3) is 5.63 Å². The van der Waals surface area contributed by atoms with Crippen LogP contribution in [0.4, 0.5) is 13.2 Å². The average molecular weight is 175 g/mol. The average Bonchev–Trinajstić information content (AvgIpc) is 1.84. The number of hydrogen-bond acceptors (Lipinski definition) is 1. The van der Waals surface area contributed by atoms with Gasteiger partial charge in [0.2, 0.25) is 0 Å². The summed E-state index contributed by atoms with van der Waals surface area (Å²) in [6.07, 6.45) is -2.84. The molecule has 0 aliphatic heterocycles. The number of ether oxygens (including phenoxy) is 1. The van der Waals surface area contributed by atoms with E-state index >= 15 is 0 Å². The number of rotatable bonds is 4. The Morgan fingerprint density at radius 3 is 2.50 bits per heavy atom. The van der Waals surface area contributed by atoms with Gasteiger partial charge in [0.1, 0.15) is 0 Å². The van der Waals surface area contributed by atoms with Crippen molar-refractivity contribution in [1.29, 1.82) is 0 Å². The molecule has 0 spiro atoms. The number of hydrogen-bond donors (Lipinski definition) is 0. The second-order valence-electron chi connectivity index (χ2n) is 1.46. The van der Waals surface area contributed by atoms with Gasteiger partial charge in [0.05, 0.1) is 6.61 Å². The van der Waals surface area contributed by atoms with Crippen LogP contribution in [0, 0.1) is 0 Å². The maximum Gasteiger partial charge on any atom is 0.401 e. The first-order chi connectivity index (χ1) is 4.50. The predicted molar refractivity (Wildman–Crippen MR) is 31.8 cm³/mol. The fourth-order valence-corrected chi connectivity index (χ4v) is 0.296. The molecule has 0 aromatic carbocycles. The Morgan fingerprint density at radius 1 is 1.70 bits per heavy atom. The van der Waals surface area contributed by atoms with Crippen molar-refractivity contribution < 1.29 is 17.9 Å². The minimum absolute atomic E-state index is 0.430. The van der Waals surface area contributed by atoms with Gasteiger partial charge in [0, 0.05) is 0 Å². The zero-order chi connectivity index (χ0) is 8.20. The smallest absolute Gasteiger partial charge is 0.313 e. The molecule has 0 aliphatic carbocycles. The van der Waals surface area contributed by atoms with Gasteiger partial charge in [-0.25, -0.2) is 4.39 Å². The Labute approximate surface area is 61.4 Å². The van der Waals surface area contributed by atoms with Crippen LogP contribution in [-0.4, -0.2) is 18.3 Å². The highest BCUT2D eigenvalue weighted by molar-refractivity contribution is 6.20. The van der Waals surface area contributed by atoms with Crippen molar-refractivity contribution in [2.45, 2.75) is 11.7 Å². The minimum Gasteiger partial charge on any atom is -0.313 e. The molecule has 0 aromatic heterocycles. The Bertz CT molecular complexity index is 115. The lowest BCUT2D eigenvalue weighted by molar-refractivity contribution is -0.250. The van der Waals surface area contributed by atoms with Gasteiger partial charge < -0.3 is 4.74 Å². The molecule has 0 aromatic rings. The Kier molecular flexibility index (Phi) is 3.75. The summed E-state index contributed by atoms with van der Waals surface area (Å²) in [5, 5.41) is 0. The molecule has 0 saturated heterocycles. The van der Waals surface area contributed by atoms with E-state index in [-0.39, 0.29) is 0 Å². The van der Waals surface area contributed by atoms with Gasteiger partial charge in [-0.3, -0.25) is 0 Å². The fraction of sp³-hybridized carbons (Fsp3) is 0.600. The summed E-state index contributed by atoms with van der Waals surface area (Å²) in [5.41, 5.74) is -2.81. The Morgan fingerprint density at radius 2 is 2.20 bits per heavy atom. The van der Waals surface area contributed by atoms with E-state index in [1.54, 1.807) is 0 Å². The zero-order valence-electron chi connectivity index (χ0n) is 4.99. The minimum atomic E-state index is -3.92. The van der Waals surface area contributed by atoms with E-state index in [9.17, 15) is 13.2 Å². The third kappa shape index (κ3) is 3.08. The van der Waals surface area contributed by atoms with Gasteiger partial charge >= 0.3 is 6.11 Å².